The third kappa shape index (κ3) is 6.71. The number of aliphatic hydroxyl groups excluding tert-OH is 1. The maximum atomic E-state index is 15.2. The van der Waals surface area contributed by atoms with E-state index in [-0.39, 0.29) is 48.5 Å². The van der Waals surface area contributed by atoms with Crippen LogP contribution < -0.4 is 0 Å². The molecule has 26 nitrogen and oxygen atoms in total. The number of hydrogen-bond donors (Lipinski definition) is 20. The Bertz CT molecular complexity index is 2880. The summed E-state index contributed by atoms with van der Waals surface area (Å²) in [4.78, 5) is 74.9. The fraction of sp³-hybridized carbons (Fsp3) is 0.146. The van der Waals surface area contributed by atoms with Crippen LogP contribution in [0, 0.1) is 0 Å². The molecule has 1 unspecified atom stereocenters. The van der Waals surface area contributed by atoms with Crippen LogP contribution in [0.5, 0.6) is 86.2 Å². The molecule has 6 rings (SSSR count). The first-order valence-electron chi connectivity index (χ1n) is 18.1. The largest absolute Gasteiger partial charge is 0.504 e. The highest BCUT2D eigenvalue weighted by Gasteiger charge is 2.87. The molecule has 5 aromatic carbocycles. The van der Waals surface area contributed by atoms with Gasteiger partial charge in [0.2, 0.25) is 39.9 Å². The Morgan fingerprint density at radius 1 is 0.388 bits per heavy atom. The number of ether oxygens (including phenoxy) is 1. The number of phenols is 15. The number of hydrogen-bond acceptors (Lipinski definition) is 26. The lowest BCUT2D eigenvalue weighted by Gasteiger charge is -2.60. The molecule has 352 valence electrons. The van der Waals surface area contributed by atoms with Gasteiger partial charge in [0, 0.05) is 22.3 Å². The minimum absolute atomic E-state index is 0.0433. The topological polar surface area (TPSA) is 499 Å². The third-order valence-electron chi connectivity index (χ3n) is 10.8. The molecule has 0 spiro atoms. The highest BCUT2D eigenvalue weighted by Crippen LogP contribution is 2.56. The van der Waals surface area contributed by atoms with Gasteiger partial charge >= 0.3 is 0 Å². The first kappa shape index (κ1) is 47.7. The fourth-order valence-corrected chi connectivity index (χ4v) is 7.34. The summed E-state index contributed by atoms with van der Waals surface area (Å²) in [6.45, 7) is 0. The second-order valence-electron chi connectivity index (χ2n) is 14.8. The molecule has 5 aromatic rings. The van der Waals surface area contributed by atoms with Crippen LogP contribution >= 0.6 is 0 Å². The van der Waals surface area contributed by atoms with Crippen molar-refractivity contribution in [1.29, 1.82) is 0 Å². The van der Waals surface area contributed by atoms with Gasteiger partial charge in [0.25, 0.3) is 5.79 Å². The molecule has 0 bridgehead atoms. The summed E-state index contributed by atoms with van der Waals surface area (Å²) in [7, 11) is 0. The molecular weight excluding hydrogens is 908 g/mol. The van der Waals surface area contributed by atoms with Gasteiger partial charge in [-0.3, -0.25) is 24.0 Å². The zero-order valence-electron chi connectivity index (χ0n) is 32.8. The van der Waals surface area contributed by atoms with E-state index in [0.29, 0.717) is 12.1 Å². The van der Waals surface area contributed by atoms with E-state index >= 15 is 14.4 Å². The molecule has 6 atom stereocenters. The molecule has 0 radical (unpaired) electrons. The van der Waals surface area contributed by atoms with Gasteiger partial charge in [0.05, 0.1) is 0 Å². The van der Waals surface area contributed by atoms with Crippen LogP contribution in [0.1, 0.15) is 53.1 Å². The number of phenolic OH excluding ortho intramolecular Hbond substituents is 15. The number of carbonyl (C=O) groups is 5. The van der Waals surface area contributed by atoms with Crippen molar-refractivity contribution >= 4 is 28.9 Å². The highest BCUT2D eigenvalue weighted by molar-refractivity contribution is 6.23. The molecule has 0 saturated carbocycles. The molecule has 1 fully saturated rings. The van der Waals surface area contributed by atoms with E-state index in [9.17, 15) is 112 Å². The van der Waals surface area contributed by atoms with E-state index in [1.54, 1.807) is 0 Å². The number of Topliss-reactive ketones (excluding diaryl/α,β-unsaturated/α-hetero) is 5. The van der Waals surface area contributed by atoms with Gasteiger partial charge in [0.1, 0.15) is 6.10 Å². The van der Waals surface area contributed by atoms with Gasteiger partial charge in [-0.1, -0.05) is 0 Å². The number of carbonyl (C=O) groups excluding carboxylic acids is 5. The average Bonchev–Trinajstić information content (AvgIpc) is 3.27. The van der Waals surface area contributed by atoms with Crippen LogP contribution in [0.4, 0.5) is 0 Å². The third-order valence-corrected chi connectivity index (χ3v) is 10.8. The Balaban J connectivity index is 1.86. The predicted octanol–water partition coefficient (Wildman–Crippen LogP) is -1.31. The molecule has 1 aliphatic heterocycles. The Morgan fingerprint density at radius 3 is 0.955 bits per heavy atom. The quantitative estimate of drug-likeness (QED) is 0.0540. The van der Waals surface area contributed by atoms with E-state index in [1.807, 2.05) is 0 Å². The second-order valence-corrected chi connectivity index (χ2v) is 14.8. The van der Waals surface area contributed by atoms with E-state index in [0.717, 1.165) is 0 Å². The van der Waals surface area contributed by atoms with Gasteiger partial charge in [-0.05, 0) is 66.2 Å². The van der Waals surface area contributed by atoms with Crippen molar-refractivity contribution < 1.29 is 131 Å². The first-order valence-corrected chi connectivity index (χ1v) is 18.1. The minimum Gasteiger partial charge on any atom is -0.504 e. The molecule has 0 aromatic heterocycles. The summed E-state index contributed by atoms with van der Waals surface area (Å²) < 4.78 is 5.28. The molecule has 20 N–H and O–H groups in total. The van der Waals surface area contributed by atoms with E-state index < -0.39 is 178 Å². The zero-order valence-corrected chi connectivity index (χ0v) is 32.8. The molecule has 67 heavy (non-hydrogen) atoms. The average molecular weight is 941 g/mol. The fourth-order valence-electron chi connectivity index (χ4n) is 7.34. The van der Waals surface area contributed by atoms with Gasteiger partial charge < -0.3 is 107 Å². The molecular formula is C41H32O26. The highest BCUT2D eigenvalue weighted by atomic mass is 16.7. The monoisotopic (exact) mass is 940 g/mol. The summed E-state index contributed by atoms with van der Waals surface area (Å²) in [5.74, 6) is -40.1. The smallest absolute Gasteiger partial charge is 0.273 e. The Labute approximate surface area is 368 Å². The minimum atomic E-state index is -5.47. The number of ketones is 5. The van der Waals surface area contributed by atoms with Crippen molar-refractivity contribution in [3.05, 3.63) is 88.5 Å². The van der Waals surface area contributed by atoms with Crippen LogP contribution in [-0.4, -0.2) is 160 Å². The van der Waals surface area contributed by atoms with Crippen molar-refractivity contribution in [3.8, 4) is 86.2 Å². The van der Waals surface area contributed by atoms with Gasteiger partial charge in [-0.25, -0.2) is 0 Å². The van der Waals surface area contributed by atoms with Crippen LogP contribution in [0.15, 0.2) is 60.7 Å². The normalized spacial score (nSPS) is 23.0. The summed E-state index contributed by atoms with van der Waals surface area (Å²) in [6.07, 6.45) is -7.21. The summed E-state index contributed by atoms with van der Waals surface area (Å²) in [5, 5.41) is 217. The standard InChI is InChI=1S/C41H32O26/c42-16-1-11(2-17(43)27(16)53)26(52)32(58)37-38(63,33(59)12-3-18(44)28(54)19(45)4-12)39(64,34(60)13-5-20(46)29(55)21(47)6-13)40(65,35(61)14-7-22(48)30(56)23(49)8-14)41(66,67-37)36(62)15-9-24(50)31(57)25(51)10-15/h1-10,26,37,42-57,63-66H/t26?,37-,38-,39+,40-,41-/m1/s1. The van der Waals surface area contributed by atoms with Gasteiger partial charge in [-0.15, -0.1) is 0 Å². The summed E-state index contributed by atoms with van der Waals surface area (Å²) >= 11 is 0. The molecule has 26 heteroatoms. The number of rotatable bonds is 11. The van der Waals surface area contributed by atoms with Crippen LogP contribution in [0.3, 0.4) is 0 Å². The summed E-state index contributed by atoms with van der Waals surface area (Å²) in [5.41, 5.74) is -23.3. The van der Waals surface area contributed by atoms with Crippen molar-refractivity contribution in [1.82, 2.24) is 0 Å². The molecule has 1 heterocycles. The number of benzene rings is 5. The Hall–Kier alpha value is -8.79. The maximum Gasteiger partial charge on any atom is 0.273 e. The van der Waals surface area contributed by atoms with Crippen LogP contribution in [-0.2, 0) is 9.53 Å². The first-order chi connectivity index (χ1) is 30.9. The Kier molecular flexibility index (Phi) is 11.2. The van der Waals surface area contributed by atoms with Crippen molar-refractivity contribution in [2.24, 2.45) is 0 Å². The SMILES string of the molecule is O=C(C(O)c1cc(O)c(O)c(O)c1)[C@H]1O[C@](O)(C(=O)c2cc(O)c(O)c(O)c2)[C@@](O)(C(=O)c2cc(O)c(O)c(O)c2)[C@](O)(C(=O)c2cc(O)c(O)c(O)c2)[C@@]1(O)C(=O)c1cc(O)c(O)c(O)c1. The zero-order chi connectivity index (χ0) is 50.4. The number of aliphatic hydroxyl groups is 5. The lowest BCUT2D eigenvalue weighted by Crippen LogP contribution is -2.91. The van der Waals surface area contributed by atoms with Crippen molar-refractivity contribution in [2.75, 3.05) is 0 Å². The molecule has 0 amide bonds. The second kappa shape index (κ2) is 15.7. The van der Waals surface area contributed by atoms with Crippen LogP contribution in [0.2, 0.25) is 0 Å². The molecule has 1 saturated heterocycles. The van der Waals surface area contributed by atoms with Gasteiger partial charge in [-0.2, -0.15) is 0 Å². The summed E-state index contributed by atoms with van der Waals surface area (Å²) in [6, 6.07) is 1.23. The van der Waals surface area contributed by atoms with Gasteiger partial charge in [0.15, 0.2) is 98.1 Å². The molecule has 0 aliphatic carbocycles. The Morgan fingerprint density at radius 2 is 0.642 bits per heavy atom. The lowest BCUT2D eigenvalue weighted by molar-refractivity contribution is -0.368. The maximum absolute atomic E-state index is 15.2. The van der Waals surface area contributed by atoms with E-state index in [1.165, 1.54) is 0 Å². The van der Waals surface area contributed by atoms with E-state index in [2.05, 4.69) is 0 Å². The lowest BCUT2D eigenvalue weighted by atomic mass is 9.54. The molecule has 1 aliphatic rings. The number of aromatic hydroxyl groups is 15. The van der Waals surface area contributed by atoms with Crippen LogP contribution in [0.25, 0.3) is 0 Å². The van der Waals surface area contributed by atoms with E-state index in [4.69, 9.17) is 4.74 Å². The predicted molar refractivity (Wildman–Crippen MR) is 209 cm³/mol. The van der Waals surface area contributed by atoms with Crippen molar-refractivity contribution in [2.45, 2.75) is 34.8 Å². The van der Waals surface area contributed by atoms with Crippen molar-refractivity contribution in [3.63, 3.8) is 0 Å².